The van der Waals surface area contributed by atoms with Crippen LogP contribution < -0.4 is 0 Å². The van der Waals surface area contributed by atoms with Crippen molar-refractivity contribution in [3.63, 3.8) is 0 Å². The van der Waals surface area contributed by atoms with Crippen molar-refractivity contribution in [2.45, 2.75) is 110 Å². The molecule has 3 nitrogen and oxygen atoms in total. The Kier molecular flexibility index (Phi) is 7.20. The Morgan fingerprint density at radius 1 is 1.09 bits per heavy atom. The van der Waals surface area contributed by atoms with E-state index < -0.39 is 8.32 Å². The molecular weight excluding hydrogens is 493 g/mol. The van der Waals surface area contributed by atoms with Gasteiger partial charge in [-0.2, -0.15) is 0 Å². The van der Waals surface area contributed by atoms with Gasteiger partial charge in [-0.15, -0.1) is 0 Å². The molecular formula is C29H45Cl2NO2Si. The van der Waals surface area contributed by atoms with Gasteiger partial charge < -0.3 is 9.16 Å². The van der Waals surface area contributed by atoms with E-state index in [1.807, 2.05) is 12.1 Å². The first kappa shape index (κ1) is 27.6. The quantitative estimate of drug-likeness (QED) is 0.283. The molecule has 2 aliphatic carbocycles. The predicted molar refractivity (Wildman–Crippen MR) is 151 cm³/mol. The fourth-order valence-corrected chi connectivity index (χ4v) is 8.69. The Bertz CT molecular complexity index is 1000. The smallest absolute Gasteiger partial charge is 0.192 e. The molecule has 0 spiro atoms. The normalized spacial score (nSPS) is 35.2. The van der Waals surface area contributed by atoms with Gasteiger partial charge in [0.2, 0.25) is 0 Å². The molecule has 3 aliphatic rings. The number of pyridine rings is 1. The summed E-state index contributed by atoms with van der Waals surface area (Å²) in [7, 11) is -1.95. The summed E-state index contributed by atoms with van der Waals surface area (Å²) in [5.41, 5.74) is 2.37. The van der Waals surface area contributed by atoms with Crippen molar-refractivity contribution in [3.8, 4) is 0 Å². The van der Waals surface area contributed by atoms with E-state index in [2.05, 4.69) is 72.6 Å². The van der Waals surface area contributed by atoms with Crippen LogP contribution in [-0.2, 0) is 9.16 Å². The standard InChI is InChI=1S/C29H45Cl2NO2Si/c1-26(2,3)35(8,9)33-18-21-20(19-11-12-24(30)32-25(19)31)17-23-28(6)15-10-14-27(4,5)22(28)13-16-29(23,7)34-21/h11-12,17,21-23H,10,13-16,18H2,1-9H3/t21?,22-,23+,28-,29+/m1/s1. The maximum absolute atomic E-state index is 7.13. The van der Waals surface area contributed by atoms with Crippen LogP contribution in [0.15, 0.2) is 18.2 Å². The van der Waals surface area contributed by atoms with Crippen molar-refractivity contribution in [2.75, 3.05) is 6.61 Å². The van der Waals surface area contributed by atoms with Crippen LogP contribution >= 0.6 is 23.2 Å². The summed E-state index contributed by atoms with van der Waals surface area (Å²) in [6, 6.07) is 3.83. The third kappa shape index (κ3) is 4.92. The number of hydrogen-bond acceptors (Lipinski definition) is 3. The zero-order valence-corrected chi connectivity index (χ0v) is 25.7. The fourth-order valence-electron chi connectivity index (χ4n) is 7.23. The monoisotopic (exact) mass is 537 g/mol. The highest BCUT2D eigenvalue weighted by Crippen LogP contribution is 2.64. The largest absolute Gasteiger partial charge is 0.414 e. The average Bonchev–Trinajstić information content (AvgIpc) is 2.70. The molecule has 4 rings (SSSR count). The van der Waals surface area contributed by atoms with Crippen molar-refractivity contribution < 1.29 is 9.16 Å². The van der Waals surface area contributed by atoms with Crippen molar-refractivity contribution in [1.29, 1.82) is 0 Å². The van der Waals surface area contributed by atoms with Crippen LogP contribution in [0, 0.1) is 22.7 Å². The average molecular weight is 539 g/mol. The van der Waals surface area contributed by atoms with Crippen LogP contribution in [0.2, 0.25) is 28.4 Å². The highest BCUT2D eigenvalue weighted by molar-refractivity contribution is 6.74. The second-order valence-electron chi connectivity index (χ2n) is 14.0. The number of hydrogen-bond donors (Lipinski definition) is 0. The number of aromatic nitrogens is 1. The first-order valence-corrected chi connectivity index (χ1v) is 17.0. The molecule has 1 aliphatic heterocycles. The van der Waals surface area contributed by atoms with Gasteiger partial charge in [0.05, 0.1) is 12.2 Å². The molecule has 2 fully saturated rings. The minimum absolute atomic E-state index is 0.136. The van der Waals surface area contributed by atoms with Crippen LogP contribution in [0.3, 0.4) is 0 Å². The number of halogens is 2. The third-order valence-corrected chi connectivity index (χ3v) is 15.2. The lowest BCUT2D eigenvalue weighted by Crippen LogP contribution is -2.60. The van der Waals surface area contributed by atoms with E-state index in [-0.39, 0.29) is 22.2 Å². The number of nitrogens with zero attached hydrogens (tertiary/aromatic N) is 1. The van der Waals surface area contributed by atoms with Gasteiger partial charge in [0.15, 0.2) is 8.32 Å². The van der Waals surface area contributed by atoms with Crippen LogP contribution in [0.5, 0.6) is 0 Å². The van der Waals surface area contributed by atoms with Crippen LogP contribution in [-0.4, -0.2) is 31.6 Å². The van der Waals surface area contributed by atoms with Gasteiger partial charge in [-0.05, 0) is 85.2 Å². The molecule has 0 aromatic carbocycles. The minimum atomic E-state index is -1.95. The minimum Gasteiger partial charge on any atom is -0.414 e. The van der Waals surface area contributed by atoms with Gasteiger partial charge in [0.25, 0.3) is 0 Å². The Morgan fingerprint density at radius 3 is 2.40 bits per heavy atom. The fraction of sp³-hybridized carbons (Fsp3) is 0.759. The molecule has 1 aromatic heterocycles. The van der Waals surface area contributed by atoms with E-state index in [9.17, 15) is 0 Å². The van der Waals surface area contributed by atoms with E-state index in [0.717, 1.165) is 17.6 Å². The highest BCUT2D eigenvalue weighted by Gasteiger charge is 2.60. The number of ether oxygens (including phenoxy) is 1. The van der Waals surface area contributed by atoms with E-state index in [4.69, 9.17) is 32.4 Å². The van der Waals surface area contributed by atoms with E-state index in [0.29, 0.717) is 34.2 Å². The molecule has 0 N–H and O–H groups in total. The Morgan fingerprint density at radius 2 is 1.77 bits per heavy atom. The highest BCUT2D eigenvalue weighted by atomic mass is 35.5. The van der Waals surface area contributed by atoms with Crippen molar-refractivity contribution in [1.82, 2.24) is 4.98 Å². The summed E-state index contributed by atoms with van der Waals surface area (Å²) in [6.45, 7) is 21.8. The first-order chi connectivity index (χ1) is 16.0. The third-order valence-electron chi connectivity index (χ3n) is 10.2. The molecule has 0 amide bonds. The van der Waals surface area contributed by atoms with Gasteiger partial charge in [0, 0.05) is 11.5 Å². The lowest BCUT2D eigenvalue weighted by Gasteiger charge is -2.63. The maximum Gasteiger partial charge on any atom is 0.192 e. The summed E-state index contributed by atoms with van der Waals surface area (Å²) in [5.74, 6) is 1.00. The molecule has 35 heavy (non-hydrogen) atoms. The van der Waals surface area contributed by atoms with Crippen molar-refractivity contribution in [2.24, 2.45) is 22.7 Å². The number of rotatable bonds is 4. The zero-order valence-electron chi connectivity index (χ0n) is 23.2. The summed E-state index contributed by atoms with van der Waals surface area (Å²) in [4.78, 5) is 4.38. The topological polar surface area (TPSA) is 31.4 Å². The lowest BCUT2D eigenvalue weighted by atomic mass is 9.45. The molecule has 6 heteroatoms. The van der Waals surface area contributed by atoms with Gasteiger partial charge in [-0.1, -0.05) is 77.2 Å². The summed E-state index contributed by atoms with van der Waals surface area (Å²) in [6.07, 6.45) is 8.45. The van der Waals surface area contributed by atoms with Gasteiger partial charge in [0.1, 0.15) is 16.4 Å². The summed E-state index contributed by atoms with van der Waals surface area (Å²) in [5, 5.41) is 0.986. The van der Waals surface area contributed by atoms with Crippen molar-refractivity contribution >= 4 is 37.1 Å². The molecule has 0 radical (unpaired) electrons. The molecule has 0 saturated heterocycles. The summed E-state index contributed by atoms with van der Waals surface area (Å²) < 4.78 is 13.9. The van der Waals surface area contributed by atoms with Gasteiger partial charge in [-0.3, -0.25) is 0 Å². The number of fused-ring (bicyclic) bond motifs is 3. The molecule has 0 bridgehead atoms. The van der Waals surface area contributed by atoms with Crippen molar-refractivity contribution in [3.05, 3.63) is 34.1 Å². The molecule has 196 valence electrons. The Labute approximate surface area is 224 Å². The second kappa shape index (κ2) is 9.12. The molecule has 2 heterocycles. The summed E-state index contributed by atoms with van der Waals surface area (Å²) >= 11 is 12.9. The van der Waals surface area contributed by atoms with Gasteiger partial charge >= 0.3 is 0 Å². The first-order valence-electron chi connectivity index (χ1n) is 13.4. The van der Waals surface area contributed by atoms with E-state index in [1.165, 1.54) is 25.7 Å². The van der Waals surface area contributed by atoms with Gasteiger partial charge in [-0.25, -0.2) is 4.98 Å². The predicted octanol–water partition coefficient (Wildman–Crippen LogP) is 9.19. The zero-order chi connectivity index (χ0) is 26.0. The van der Waals surface area contributed by atoms with E-state index in [1.54, 1.807) is 0 Å². The SMILES string of the molecule is CC1(C)CCC[C@]2(C)[C@@H]1CC[C@]1(C)OC(CO[Si](C)(C)C(C)(C)C)C(c3ccc(Cl)nc3Cl)=C[C@@H]21. The maximum atomic E-state index is 7.13. The van der Waals surface area contributed by atoms with Crippen LogP contribution in [0.4, 0.5) is 0 Å². The Hall–Kier alpha value is -0.393. The van der Waals surface area contributed by atoms with Crippen LogP contribution in [0.25, 0.3) is 5.57 Å². The molecule has 5 atom stereocenters. The molecule has 1 unspecified atom stereocenters. The van der Waals surface area contributed by atoms with Crippen LogP contribution in [0.1, 0.15) is 86.1 Å². The Balaban J connectivity index is 1.79. The van der Waals surface area contributed by atoms with E-state index >= 15 is 0 Å². The molecule has 2 saturated carbocycles. The second-order valence-corrected chi connectivity index (χ2v) is 19.6. The lowest BCUT2D eigenvalue weighted by molar-refractivity contribution is -0.195. The molecule has 1 aromatic rings.